The summed E-state index contributed by atoms with van der Waals surface area (Å²) in [5.74, 6) is -0.0537. The molecule has 0 amide bonds. The van der Waals surface area contributed by atoms with Crippen LogP contribution in [0.4, 0.5) is 10.1 Å². The Labute approximate surface area is 132 Å². The van der Waals surface area contributed by atoms with E-state index in [1.165, 1.54) is 24.3 Å². The second-order valence-corrected chi connectivity index (χ2v) is 6.26. The van der Waals surface area contributed by atoms with Gasteiger partial charge in [-0.3, -0.25) is 0 Å². The van der Waals surface area contributed by atoms with E-state index < -0.39 is 0 Å². The first-order valence-corrected chi connectivity index (χ1v) is 7.82. The van der Waals surface area contributed by atoms with Crippen LogP contribution < -0.4 is 10.1 Å². The maximum absolute atomic E-state index is 13.4. The summed E-state index contributed by atoms with van der Waals surface area (Å²) in [5, 5.41) is 3.48. The van der Waals surface area contributed by atoms with Crippen LogP contribution in [0.1, 0.15) is 17.5 Å². The standard InChI is InChI=1S/C17H17BrFNO/c1-21-17-10-15(6-7-16(17)19)20-14-5-3-11-8-13(18)4-2-12(11)9-14/h2,4,6-8,10,14,20H,3,5,9H2,1H3. The van der Waals surface area contributed by atoms with Gasteiger partial charge in [0.25, 0.3) is 0 Å². The van der Waals surface area contributed by atoms with Crippen LogP contribution in [0.15, 0.2) is 40.9 Å². The number of anilines is 1. The zero-order valence-corrected chi connectivity index (χ0v) is 13.4. The number of ether oxygens (including phenoxy) is 1. The summed E-state index contributed by atoms with van der Waals surface area (Å²) >= 11 is 3.52. The first kappa shape index (κ1) is 14.4. The molecule has 0 spiro atoms. The lowest BCUT2D eigenvalue weighted by molar-refractivity contribution is 0.386. The molecule has 1 unspecified atom stereocenters. The van der Waals surface area contributed by atoms with E-state index in [4.69, 9.17) is 4.74 Å². The summed E-state index contributed by atoms with van der Waals surface area (Å²) < 4.78 is 19.6. The van der Waals surface area contributed by atoms with Gasteiger partial charge in [-0.1, -0.05) is 22.0 Å². The highest BCUT2D eigenvalue weighted by atomic mass is 79.9. The molecule has 2 nitrogen and oxygen atoms in total. The van der Waals surface area contributed by atoms with Gasteiger partial charge in [-0.2, -0.15) is 0 Å². The minimum absolute atomic E-state index is 0.278. The third-order valence-corrected chi connectivity index (χ3v) is 4.41. The van der Waals surface area contributed by atoms with Gasteiger partial charge < -0.3 is 10.1 Å². The molecule has 0 aromatic heterocycles. The fourth-order valence-electron chi connectivity index (χ4n) is 2.83. The number of hydrogen-bond donors (Lipinski definition) is 1. The Kier molecular flexibility index (Phi) is 4.15. The second-order valence-electron chi connectivity index (χ2n) is 5.35. The lowest BCUT2D eigenvalue weighted by Crippen LogP contribution is -2.27. The number of fused-ring (bicyclic) bond motifs is 1. The van der Waals surface area contributed by atoms with Gasteiger partial charge in [0.2, 0.25) is 0 Å². The zero-order chi connectivity index (χ0) is 14.8. The molecule has 1 aliphatic carbocycles. The first-order valence-electron chi connectivity index (χ1n) is 7.03. The second kappa shape index (κ2) is 6.06. The Balaban J connectivity index is 1.74. The number of nitrogens with one attached hydrogen (secondary N) is 1. The van der Waals surface area contributed by atoms with Crippen LogP contribution in [-0.2, 0) is 12.8 Å². The number of hydrogen-bond acceptors (Lipinski definition) is 2. The lowest BCUT2D eigenvalue weighted by atomic mass is 9.88. The molecule has 2 aromatic rings. The summed E-state index contributed by atoms with van der Waals surface area (Å²) in [6.07, 6.45) is 3.12. The Morgan fingerprint density at radius 1 is 1.19 bits per heavy atom. The molecule has 3 rings (SSSR count). The van der Waals surface area contributed by atoms with Crippen molar-refractivity contribution in [3.05, 3.63) is 57.8 Å². The fraction of sp³-hybridized carbons (Fsp3) is 0.294. The van der Waals surface area contributed by atoms with Gasteiger partial charge in [-0.05, 0) is 54.7 Å². The maximum Gasteiger partial charge on any atom is 0.165 e. The molecular weight excluding hydrogens is 333 g/mol. The van der Waals surface area contributed by atoms with Crippen LogP contribution in [0.5, 0.6) is 5.75 Å². The predicted molar refractivity (Wildman–Crippen MR) is 86.5 cm³/mol. The van der Waals surface area contributed by atoms with Gasteiger partial charge >= 0.3 is 0 Å². The number of aryl methyl sites for hydroxylation is 1. The molecule has 1 aliphatic rings. The minimum atomic E-state index is -0.332. The smallest absolute Gasteiger partial charge is 0.165 e. The molecule has 0 heterocycles. The molecule has 0 radical (unpaired) electrons. The van der Waals surface area contributed by atoms with Gasteiger partial charge in [0, 0.05) is 22.3 Å². The molecule has 110 valence electrons. The molecule has 0 fully saturated rings. The quantitative estimate of drug-likeness (QED) is 0.876. The van der Waals surface area contributed by atoms with Crippen molar-refractivity contribution in [3.8, 4) is 5.75 Å². The van der Waals surface area contributed by atoms with E-state index in [2.05, 4.69) is 39.4 Å². The fourth-order valence-corrected chi connectivity index (χ4v) is 3.24. The van der Waals surface area contributed by atoms with E-state index in [9.17, 15) is 4.39 Å². The number of halogens is 2. The van der Waals surface area contributed by atoms with E-state index in [0.29, 0.717) is 6.04 Å². The average molecular weight is 350 g/mol. The Morgan fingerprint density at radius 3 is 2.86 bits per heavy atom. The topological polar surface area (TPSA) is 21.3 Å². The van der Waals surface area contributed by atoms with Crippen molar-refractivity contribution >= 4 is 21.6 Å². The van der Waals surface area contributed by atoms with Crippen LogP contribution in [0.25, 0.3) is 0 Å². The summed E-state index contributed by atoms with van der Waals surface area (Å²) in [6, 6.07) is 11.7. The molecular formula is C17H17BrFNO. The molecule has 0 saturated carbocycles. The van der Waals surface area contributed by atoms with Gasteiger partial charge in [0.15, 0.2) is 11.6 Å². The number of benzene rings is 2. The van der Waals surface area contributed by atoms with Crippen LogP contribution in [0, 0.1) is 5.82 Å². The molecule has 1 atom stereocenters. The largest absolute Gasteiger partial charge is 0.494 e. The van der Waals surface area contributed by atoms with E-state index >= 15 is 0 Å². The van der Waals surface area contributed by atoms with Gasteiger partial charge in [0.1, 0.15) is 0 Å². The Hall–Kier alpha value is -1.55. The van der Waals surface area contributed by atoms with Crippen molar-refractivity contribution in [1.29, 1.82) is 0 Å². The molecule has 4 heteroatoms. The number of rotatable bonds is 3. The first-order chi connectivity index (χ1) is 10.2. The third kappa shape index (κ3) is 3.21. The van der Waals surface area contributed by atoms with Gasteiger partial charge in [0.05, 0.1) is 7.11 Å². The van der Waals surface area contributed by atoms with Crippen molar-refractivity contribution in [2.45, 2.75) is 25.3 Å². The maximum atomic E-state index is 13.4. The molecule has 2 aromatic carbocycles. The van der Waals surface area contributed by atoms with E-state index in [-0.39, 0.29) is 11.6 Å². The Morgan fingerprint density at radius 2 is 2.05 bits per heavy atom. The monoisotopic (exact) mass is 349 g/mol. The molecule has 0 aliphatic heterocycles. The summed E-state index contributed by atoms with van der Waals surface area (Å²) in [7, 11) is 1.48. The van der Waals surface area contributed by atoms with Crippen molar-refractivity contribution < 1.29 is 9.13 Å². The van der Waals surface area contributed by atoms with Crippen molar-refractivity contribution in [2.24, 2.45) is 0 Å². The normalized spacial score (nSPS) is 17.2. The van der Waals surface area contributed by atoms with Crippen LogP contribution in [0.2, 0.25) is 0 Å². The highest BCUT2D eigenvalue weighted by Gasteiger charge is 2.19. The van der Waals surface area contributed by atoms with Gasteiger partial charge in [-0.15, -0.1) is 0 Å². The highest BCUT2D eigenvalue weighted by molar-refractivity contribution is 9.10. The molecule has 21 heavy (non-hydrogen) atoms. The van der Waals surface area contributed by atoms with E-state index in [1.807, 2.05) is 0 Å². The number of methoxy groups -OCH3 is 1. The Bertz CT molecular complexity index is 659. The van der Waals surface area contributed by atoms with Crippen molar-refractivity contribution in [2.75, 3.05) is 12.4 Å². The minimum Gasteiger partial charge on any atom is -0.494 e. The van der Waals surface area contributed by atoms with Crippen molar-refractivity contribution in [1.82, 2.24) is 0 Å². The molecule has 1 N–H and O–H groups in total. The third-order valence-electron chi connectivity index (χ3n) is 3.92. The van der Waals surface area contributed by atoms with Crippen LogP contribution in [-0.4, -0.2) is 13.2 Å². The summed E-state index contributed by atoms with van der Waals surface area (Å²) in [5.41, 5.74) is 3.70. The summed E-state index contributed by atoms with van der Waals surface area (Å²) in [6.45, 7) is 0. The SMILES string of the molecule is COc1cc(NC2CCc3cc(Br)ccc3C2)ccc1F. The van der Waals surface area contributed by atoms with Crippen molar-refractivity contribution in [3.63, 3.8) is 0 Å². The lowest BCUT2D eigenvalue weighted by Gasteiger charge is -2.26. The van der Waals surface area contributed by atoms with Crippen LogP contribution in [0.3, 0.4) is 0 Å². The highest BCUT2D eigenvalue weighted by Crippen LogP contribution is 2.28. The van der Waals surface area contributed by atoms with Crippen LogP contribution >= 0.6 is 15.9 Å². The molecule has 0 bridgehead atoms. The van der Waals surface area contributed by atoms with E-state index in [0.717, 1.165) is 29.4 Å². The summed E-state index contributed by atoms with van der Waals surface area (Å²) in [4.78, 5) is 0. The molecule has 0 saturated heterocycles. The van der Waals surface area contributed by atoms with Gasteiger partial charge in [-0.25, -0.2) is 4.39 Å². The zero-order valence-electron chi connectivity index (χ0n) is 11.8. The predicted octanol–water partition coefficient (Wildman–Crippen LogP) is 4.57. The van der Waals surface area contributed by atoms with E-state index in [1.54, 1.807) is 12.1 Å². The average Bonchev–Trinajstić information content (AvgIpc) is 2.49.